The maximum absolute atomic E-state index is 11.9. The highest BCUT2D eigenvalue weighted by Gasteiger charge is 2.07. The smallest absolute Gasteiger partial charge is 0.262 e. The molecule has 4 heteroatoms. The molecule has 0 aromatic heterocycles. The zero-order valence-corrected chi connectivity index (χ0v) is 13.1. The fraction of sp³-hybridized carbons (Fsp3) is 0.235. The zero-order valence-electron chi connectivity index (χ0n) is 12.4. The third kappa shape index (κ3) is 4.23. The number of hydrogen-bond donors (Lipinski definition) is 1. The van der Waals surface area contributed by atoms with E-state index in [1.54, 1.807) is 24.3 Å². The Morgan fingerprint density at radius 1 is 1.10 bits per heavy atom. The molecular weight excluding hydrogens is 286 g/mol. The lowest BCUT2D eigenvalue weighted by atomic mass is 10.1. The molecule has 1 amide bonds. The molecule has 3 nitrogen and oxygen atoms in total. The van der Waals surface area contributed by atoms with Gasteiger partial charge in [0.25, 0.3) is 5.91 Å². The van der Waals surface area contributed by atoms with Gasteiger partial charge < -0.3 is 10.1 Å². The molecule has 0 aliphatic heterocycles. The fourth-order valence-corrected chi connectivity index (χ4v) is 2.19. The fourth-order valence-electron chi connectivity index (χ4n) is 2.00. The molecule has 0 heterocycles. The predicted molar refractivity (Wildman–Crippen MR) is 86.2 cm³/mol. The Kier molecular flexibility index (Phi) is 4.86. The first-order valence-corrected chi connectivity index (χ1v) is 7.09. The first-order chi connectivity index (χ1) is 9.95. The van der Waals surface area contributed by atoms with Gasteiger partial charge in [-0.05, 0) is 61.7 Å². The molecule has 2 aromatic rings. The highest BCUT2D eigenvalue weighted by Crippen LogP contribution is 2.22. The van der Waals surface area contributed by atoms with Crippen LogP contribution in [0.5, 0.6) is 5.75 Å². The minimum atomic E-state index is -0.213. The summed E-state index contributed by atoms with van der Waals surface area (Å²) in [5, 5.41) is 3.33. The summed E-state index contributed by atoms with van der Waals surface area (Å²) < 4.78 is 5.59. The van der Waals surface area contributed by atoms with Crippen LogP contribution in [0.25, 0.3) is 0 Å². The van der Waals surface area contributed by atoms with Crippen LogP contribution in [0.2, 0.25) is 5.02 Å². The summed E-state index contributed by atoms with van der Waals surface area (Å²) in [6.45, 7) is 6.01. The first kappa shape index (κ1) is 15.4. The van der Waals surface area contributed by atoms with Crippen molar-refractivity contribution in [3.8, 4) is 5.75 Å². The van der Waals surface area contributed by atoms with Gasteiger partial charge in [-0.2, -0.15) is 0 Å². The molecule has 1 N–H and O–H groups in total. The number of anilines is 1. The number of aryl methyl sites for hydroxylation is 3. The van der Waals surface area contributed by atoms with E-state index in [1.807, 2.05) is 19.9 Å². The highest BCUT2D eigenvalue weighted by molar-refractivity contribution is 6.30. The van der Waals surface area contributed by atoms with E-state index < -0.39 is 0 Å². The number of halogens is 1. The Balaban J connectivity index is 1.97. The average molecular weight is 304 g/mol. The van der Waals surface area contributed by atoms with Crippen LogP contribution in [0.4, 0.5) is 5.69 Å². The molecule has 21 heavy (non-hydrogen) atoms. The van der Waals surface area contributed by atoms with Crippen LogP contribution in [0.3, 0.4) is 0 Å². The standard InChI is InChI=1S/C17H18ClNO2/c1-11-7-13(3)16(8-12(11)2)21-10-17(20)19-15-6-4-5-14(18)9-15/h4-9H,10H2,1-3H3,(H,19,20). The van der Waals surface area contributed by atoms with Gasteiger partial charge in [-0.25, -0.2) is 0 Å². The van der Waals surface area contributed by atoms with Crippen molar-refractivity contribution in [2.24, 2.45) is 0 Å². The molecule has 0 aliphatic carbocycles. The topological polar surface area (TPSA) is 38.3 Å². The third-order valence-corrected chi connectivity index (χ3v) is 3.49. The van der Waals surface area contributed by atoms with Gasteiger partial charge in [-0.15, -0.1) is 0 Å². The Hall–Kier alpha value is -2.00. The molecule has 0 aliphatic rings. The van der Waals surface area contributed by atoms with E-state index in [-0.39, 0.29) is 12.5 Å². The first-order valence-electron chi connectivity index (χ1n) is 6.72. The van der Waals surface area contributed by atoms with Crippen LogP contribution in [-0.4, -0.2) is 12.5 Å². The zero-order chi connectivity index (χ0) is 15.4. The Morgan fingerprint density at radius 3 is 2.52 bits per heavy atom. The largest absolute Gasteiger partial charge is 0.483 e. The number of carbonyl (C=O) groups is 1. The van der Waals surface area contributed by atoms with Gasteiger partial charge in [0.05, 0.1) is 0 Å². The van der Waals surface area contributed by atoms with Crippen LogP contribution < -0.4 is 10.1 Å². The van der Waals surface area contributed by atoms with Gasteiger partial charge in [-0.1, -0.05) is 23.7 Å². The summed E-state index contributed by atoms with van der Waals surface area (Å²) in [4.78, 5) is 11.9. The van der Waals surface area contributed by atoms with Crippen molar-refractivity contribution in [1.82, 2.24) is 0 Å². The summed E-state index contributed by atoms with van der Waals surface area (Å²) in [7, 11) is 0. The van der Waals surface area contributed by atoms with E-state index in [0.29, 0.717) is 10.7 Å². The Bertz CT molecular complexity index is 668. The van der Waals surface area contributed by atoms with Crippen molar-refractivity contribution in [2.75, 3.05) is 11.9 Å². The molecule has 0 unspecified atom stereocenters. The lowest BCUT2D eigenvalue weighted by Gasteiger charge is -2.12. The van der Waals surface area contributed by atoms with Crippen LogP contribution in [-0.2, 0) is 4.79 Å². The van der Waals surface area contributed by atoms with Crippen molar-refractivity contribution in [1.29, 1.82) is 0 Å². The predicted octanol–water partition coefficient (Wildman–Crippen LogP) is 4.28. The van der Waals surface area contributed by atoms with Gasteiger partial charge in [0.1, 0.15) is 5.75 Å². The molecule has 2 rings (SSSR count). The molecule has 0 radical (unpaired) electrons. The number of amides is 1. The monoisotopic (exact) mass is 303 g/mol. The summed E-state index contributed by atoms with van der Waals surface area (Å²) in [6, 6.07) is 11.0. The molecule has 0 atom stereocenters. The molecule has 0 saturated heterocycles. The van der Waals surface area contributed by atoms with Gasteiger partial charge >= 0.3 is 0 Å². The molecule has 2 aromatic carbocycles. The van der Waals surface area contributed by atoms with Crippen LogP contribution in [0.15, 0.2) is 36.4 Å². The molecule has 0 spiro atoms. The lowest BCUT2D eigenvalue weighted by molar-refractivity contribution is -0.118. The average Bonchev–Trinajstić information content (AvgIpc) is 2.41. The van der Waals surface area contributed by atoms with Crippen molar-refractivity contribution in [3.63, 3.8) is 0 Å². The number of hydrogen-bond acceptors (Lipinski definition) is 2. The second-order valence-electron chi connectivity index (χ2n) is 5.05. The molecule has 0 bridgehead atoms. The van der Waals surface area contributed by atoms with Crippen LogP contribution in [0, 0.1) is 20.8 Å². The Labute approximate surface area is 129 Å². The van der Waals surface area contributed by atoms with Crippen LogP contribution >= 0.6 is 11.6 Å². The van der Waals surface area contributed by atoms with Crippen LogP contribution in [0.1, 0.15) is 16.7 Å². The van der Waals surface area contributed by atoms with Crippen molar-refractivity contribution in [3.05, 3.63) is 58.1 Å². The van der Waals surface area contributed by atoms with E-state index in [9.17, 15) is 4.79 Å². The SMILES string of the molecule is Cc1cc(C)c(OCC(=O)Nc2cccc(Cl)c2)cc1C. The molecule has 110 valence electrons. The number of nitrogens with one attached hydrogen (secondary N) is 1. The number of ether oxygens (including phenoxy) is 1. The van der Waals surface area contributed by atoms with Crippen molar-refractivity contribution in [2.45, 2.75) is 20.8 Å². The maximum Gasteiger partial charge on any atom is 0.262 e. The normalized spacial score (nSPS) is 10.3. The summed E-state index contributed by atoms with van der Waals surface area (Å²) in [5.74, 6) is 0.522. The third-order valence-electron chi connectivity index (χ3n) is 3.26. The second kappa shape index (κ2) is 6.64. The van der Waals surface area contributed by atoms with Gasteiger partial charge in [0.15, 0.2) is 6.61 Å². The minimum absolute atomic E-state index is 0.0319. The van der Waals surface area contributed by atoms with Crippen molar-refractivity contribution >= 4 is 23.2 Å². The summed E-state index contributed by atoms with van der Waals surface area (Å²) in [6.07, 6.45) is 0. The van der Waals surface area contributed by atoms with E-state index in [4.69, 9.17) is 16.3 Å². The highest BCUT2D eigenvalue weighted by atomic mass is 35.5. The summed E-state index contributed by atoms with van der Waals surface area (Å²) in [5.41, 5.74) is 4.04. The van der Waals surface area contributed by atoms with E-state index in [0.717, 1.165) is 16.9 Å². The maximum atomic E-state index is 11.9. The Morgan fingerprint density at radius 2 is 1.81 bits per heavy atom. The molecular formula is C17H18ClNO2. The molecule has 0 fully saturated rings. The van der Waals surface area contributed by atoms with Crippen molar-refractivity contribution < 1.29 is 9.53 Å². The second-order valence-corrected chi connectivity index (χ2v) is 5.49. The van der Waals surface area contributed by atoms with E-state index in [2.05, 4.69) is 18.3 Å². The quantitative estimate of drug-likeness (QED) is 0.915. The van der Waals surface area contributed by atoms with Gasteiger partial charge in [-0.3, -0.25) is 4.79 Å². The minimum Gasteiger partial charge on any atom is -0.483 e. The number of benzene rings is 2. The number of carbonyl (C=O) groups excluding carboxylic acids is 1. The van der Waals surface area contributed by atoms with E-state index in [1.165, 1.54) is 5.56 Å². The lowest BCUT2D eigenvalue weighted by Crippen LogP contribution is -2.20. The van der Waals surface area contributed by atoms with E-state index >= 15 is 0 Å². The van der Waals surface area contributed by atoms with Gasteiger partial charge in [0, 0.05) is 10.7 Å². The molecule has 0 saturated carbocycles. The summed E-state index contributed by atoms with van der Waals surface area (Å²) >= 11 is 5.87. The number of rotatable bonds is 4. The van der Waals surface area contributed by atoms with Gasteiger partial charge in [0.2, 0.25) is 0 Å².